The zero-order valence-corrected chi connectivity index (χ0v) is 10.00. The van der Waals surface area contributed by atoms with Crippen molar-refractivity contribution in [2.75, 3.05) is 0 Å². The summed E-state index contributed by atoms with van der Waals surface area (Å²) >= 11 is 0. The van der Waals surface area contributed by atoms with Gasteiger partial charge in [0.2, 0.25) is 0 Å². The van der Waals surface area contributed by atoms with E-state index in [1.807, 2.05) is 42.5 Å². The van der Waals surface area contributed by atoms with Crippen LogP contribution in [0.1, 0.15) is 15.9 Å². The Balaban J connectivity index is 1.91. The molecule has 0 N–H and O–H groups in total. The molecule has 0 saturated heterocycles. The lowest BCUT2D eigenvalue weighted by molar-refractivity contribution is -0.0398. The third-order valence-electron chi connectivity index (χ3n) is 3.39. The fourth-order valence-corrected chi connectivity index (χ4v) is 2.51. The third-order valence-corrected chi connectivity index (χ3v) is 3.39. The van der Waals surface area contributed by atoms with Crippen LogP contribution in [0.25, 0.3) is 0 Å². The Labute approximate surface area is 110 Å². The van der Waals surface area contributed by atoms with Gasteiger partial charge in [-0.15, -0.1) is 0 Å². The standard InChI is InChI=1S/C16H10O3/c17-13-9-10-16(12-6-2-1-5-11(12)13)18-14-7-3-4-8-15(14)19-16/h1-10H. The van der Waals surface area contributed by atoms with Crippen LogP contribution in [0.4, 0.5) is 0 Å². The van der Waals surface area contributed by atoms with Gasteiger partial charge in [0.15, 0.2) is 17.3 Å². The van der Waals surface area contributed by atoms with E-state index in [2.05, 4.69) is 0 Å². The molecule has 2 aliphatic rings. The van der Waals surface area contributed by atoms with Gasteiger partial charge in [0, 0.05) is 11.6 Å². The number of benzene rings is 2. The van der Waals surface area contributed by atoms with Gasteiger partial charge in [-0.3, -0.25) is 4.79 Å². The van der Waals surface area contributed by atoms with Gasteiger partial charge in [0.05, 0.1) is 5.56 Å². The largest absolute Gasteiger partial charge is 0.441 e. The van der Waals surface area contributed by atoms with Crippen molar-refractivity contribution >= 4 is 5.78 Å². The molecule has 0 bridgehead atoms. The lowest BCUT2D eigenvalue weighted by atomic mass is 9.91. The summed E-state index contributed by atoms with van der Waals surface area (Å²) in [5, 5.41) is 0. The Bertz CT molecular complexity index is 690. The van der Waals surface area contributed by atoms with Crippen LogP contribution in [0.15, 0.2) is 60.7 Å². The number of carbonyl (C=O) groups excluding carboxylic acids is 1. The summed E-state index contributed by atoms with van der Waals surface area (Å²) in [6.45, 7) is 0. The predicted octanol–water partition coefficient (Wildman–Crippen LogP) is 3.06. The summed E-state index contributed by atoms with van der Waals surface area (Å²) in [7, 11) is 0. The van der Waals surface area contributed by atoms with E-state index in [-0.39, 0.29) is 5.78 Å². The molecule has 0 saturated carbocycles. The molecule has 2 aromatic rings. The zero-order chi connectivity index (χ0) is 12.9. The van der Waals surface area contributed by atoms with E-state index >= 15 is 0 Å². The first-order chi connectivity index (χ1) is 9.28. The lowest BCUT2D eigenvalue weighted by Crippen LogP contribution is -2.37. The number of hydrogen-bond acceptors (Lipinski definition) is 3. The first-order valence-electron chi connectivity index (χ1n) is 6.09. The van der Waals surface area contributed by atoms with Crippen molar-refractivity contribution in [1.29, 1.82) is 0 Å². The average molecular weight is 250 g/mol. The maximum absolute atomic E-state index is 11.9. The van der Waals surface area contributed by atoms with Crippen LogP contribution in [0.5, 0.6) is 11.5 Å². The molecule has 2 aromatic carbocycles. The number of allylic oxidation sites excluding steroid dienone is 1. The monoisotopic (exact) mass is 250 g/mol. The Kier molecular flexibility index (Phi) is 1.90. The van der Waals surface area contributed by atoms with E-state index in [1.165, 1.54) is 6.08 Å². The molecule has 3 nitrogen and oxygen atoms in total. The molecule has 0 amide bonds. The normalized spacial score (nSPS) is 17.6. The van der Waals surface area contributed by atoms with Crippen LogP contribution in [-0.4, -0.2) is 5.78 Å². The van der Waals surface area contributed by atoms with Crippen molar-refractivity contribution in [2.24, 2.45) is 0 Å². The Morgan fingerprint density at radius 1 is 0.842 bits per heavy atom. The SMILES string of the molecule is O=C1C=CC2(Oc3ccccc3O2)c2ccccc21. The number of carbonyl (C=O) groups is 1. The lowest BCUT2D eigenvalue weighted by Gasteiger charge is -2.28. The first kappa shape index (κ1) is 10.4. The number of hydrogen-bond donors (Lipinski definition) is 0. The highest BCUT2D eigenvalue weighted by molar-refractivity contribution is 6.07. The number of ketones is 1. The number of fused-ring (bicyclic) bond motifs is 3. The second-order valence-corrected chi connectivity index (χ2v) is 4.56. The van der Waals surface area contributed by atoms with Crippen molar-refractivity contribution in [2.45, 2.75) is 5.79 Å². The third kappa shape index (κ3) is 1.35. The summed E-state index contributed by atoms with van der Waals surface area (Å²) < 4.78 is 11.9. The quantitative estimate of drug-likeness (QED) is 0.720. The molecular formula is C16H10O3. The average Bonchev–Trinajstić information content (AvgIpc) is 2.83. The van der Waals surface area contributed by atoms with Gasteiger partial charge in [0.1, 0.15) is 0 Å². The van der Waals surface area contributed by atoms with Gasteiger partial charge in [-0.05, 0) is 18.2 Å². The minimum atomic E-state index is -1.01. The van der Waals surface area contributed by atoms with Gasteiger partial charge in [0.25, 0.3) is 5.79 Å². The molecule has 3 heteroatoms. The van der Waals surface area contributed by atoms with Gasteiger partial charge in [-0.25, -0.2) is 0 Å². The van der Waals surface area contributed by atoms with Crippen molar-refractivity contribution in [3.8, 4) is 11.5 Å². The molecule has 4 rings (SSSR count). The van der Waals surface area contributed by atoms with Gasteiger partial charge >= 0.3 is 0 Å². The smallest absolute Gasteiger partial charge is 0.299 e. The van der Waals surface area contributed by atoms with Crippen molar-refractivity contribution in [1.82, 2.24) is 0 Å². The Hall–Kier alpha value is -2.55. The van der Waals surface area contributed by atoms with E-state index in [0.717, 1.165) is 5.56 Å². The van der Waals surface area contributed by atoms with Crippen LogP contribution in [-0.2, 0) is 5.79 Å². The molecule has 0 atom stereocenters. The van der Waals surface area contributed by atoms with E-state index in [0.29, 0.717) is 17.1 Å². The van der Waals surface area contributed by atoms with Crippen molar-refractivity contribution in [3.05, 3.63) is 71.8 Å². The molecular weight excluding hydrogens is 240 g/mol. The summed E-state index contributed by atoms with van der Waals surface area (Å²) in [4.78, 5) is 11.9. The maximum Gasteiger partial charge on any atom is 0.299 e. The maximum atomic E-state index is 11.9. The highest BCUT2D eigenvalue weighted by Gasteiger charge is 2.45. The minimum Gasteiger partial charge on any atom is -0.441 e. The van der Waals surface area contributed by atoms with E-state index in [1.54, 1.807) is 12.1 Å². The van der Waals surface area contributed by atoms with Crippen LogP contribution in [0.2, 0.25) is 0 Å². The van der Waals surface area contributed by atoms with Gasteiger partial charge in [-0.1, -0.05) is 36.4 Å². The highest BCUT2D eigenvalue weighted by atomic mass is 16.7. The summed E-state index contributed by atoms with van der Waals surface area (Å²) in [5.41, 5.74) is 1.37. The summed E-state index contributed by atoms with van der Waals surface area (Å²) in [6.07, 6.45) is 3.19. The zero-order valence-electron chi connectivity index (χ0n) is 10.00. The second-order valence-electron chi connectivity index (χ2n) is 4.56. The van der Waals surface area contributed by atoms with Gasteiger partial charge < -0.3 is 9.47 Å². The molecule has 0 unspecified atom stereocenters. The Morgan fingerprint density at radius 3 is 2.21 bits per heavy atom. The molecule has 92 valence electrons. The molecule has 1 spiro atoms. The van der Waals surface area contributed by atoms with Crippen LogP contribution < -0.4 is 9.47 Å². The number of rotatable bonds is 0. The topological polar surface area (TPSA) is 35.5 Å². The molecule has 19 heavy (non-hydrogen) atoms. The van der Waals surface area contributed by atoms with E-state index in [9.17, 15) is 4.79 Å². The number of para-hydroxylation sites is 2. The summed E-state index contributed by atoms with van der Waals surface area (Å²) in [6, 6.07) is 14.9. The first-order valence-corrected chi connectivity index (χ1v) is 6.09. The van der Waals surface area contributed by atoms with Crippen LogP contribution in [0.3, 0.4) is 0 Å². The van der Waals surface area contributed by atoms with Crippen molar-refractivity contribution < 1.29 is 14.3 Å². The molecule has 1 aliphatic carbocycles. The predicted molar refractivity (Wildman–Crippen MR) is 69.3 cm³/mol. The Morgan fingerprint density at radius 2 is 1.47 bits per heavy atom. The van der Waals surface area contributed by atoms with E-state index < -0.39 is 5.79 Å². The fourth-order valence-electron chi connectivity index (χ4n) is 2.51. The highest BCUT2D eigenvalue weighted by Crippen LogP contribution is 2.46. The summed E-state index contributed by atoms with van der Waals surface area (Å²) in [5.74, 6) is 0.353. The van der Waals surface area contributed by atoms with E-state index in [4.69, 9.17) is 9.47 Å². The minimum absolute atomic E-state index is 0.0237. The fraction of sp³-hybridized carbons (Fsp3) is 0.0625. The molecule has 0 radical (unpaired) electrons. The molecule has 0 fully saturated rings. The second kappa shape index (κ2) is 3.48. The number of ether oxygens (including phenoxy) is 2. The molecule has 1 heterocycles. The van der Waals surface area contributed by atoms with Crippen LogP contribution in [0, 0.1) is 0 Å². The van der Waals surface area contributed by atoms with Gasteiger partial charge in [-0.2, -0.15) is 0 Å². The molecule has 0 aromatic heterocycles. The molecule has 1 aliphatic heterocycles. The van der Waals surface area contributed by atoms with Crippen LogP contribution >= 0.6 is 0 Å². The van der Waals surface area contributed by atoms with Crippen molar-refractivity contribution in [3.63, 3.8) is 0 Å².